The largest absolute Gasteiger partial charge is 0.392 e. The lowest BCUT2D eigenvalue weighted by Gasteiger charge is -2.51. The summed E-state index contributed by atoms with van der Waals surface area (Å²) in [6.45, 7) is 6.22. The van der Waals surface area contributed by atoms with Crippen LogP contribution >= 0.6 is 0 Å². The molecule has 4 aliphatic rings. The number of nitrogens with one attached hydrogen (secondary N) is 1. The van der Waals surface area contributed by atoms with Gasteiger partial charge >= 0.3 is 0 Å². The molecule has 2 aliphatic carbocycles. The average molecular weight is 481 g/mol. The van der Waals surface area contributed by atoms with Crippen molar-refractivity contribution in [1.29, 1.82) is 0 Å². The van der Waals surface area contributed by atoms with Gasteiger partial charge in [-0.05, 0) is 50.9 Å². The summed E-state index contributed by atoms with van der Waals surface area (Å²) in [4.78, 5) is 19.9. The number of aliphatic hydroxyl groups is 1. The van der Waals surface area contributed by atoms with Gasteiger partial charge in [0.1, 0.15) is 0 Å². The summed E-state index contributed by atoms with van der Waals surface area (Å²) in [7, 11) is 0. The van der Waals surface area contributed by atoms with E-state index in [1.54, 1.807) is 0 Å². The normalized spacial score (nSPS) is 30.9. The van der Waals surface area contributed by atoms with Crippen LogP contribution in [0.1, 0.15) is 95.7 Å². The van der Waals surface area contributed by atoms with E-state index in [0.717, 1.165) is 32.1 Å². The monoisotopic (exact) mass is 480 g/mol. The SMILES string of the molecule is CC(C)C1(c2noc(C3CCC(F)(F)CC3)n2)CCN(C(=O)[C@@H]2C[C@@H](O)C3(CCC3)CN2)CC1. The fraction of sp³-hybridized carbons (Fsp3) is 0.880. The van der Waals surface area contributed by atoms with Crippen LogP contribution in [-0.2, 0) is 10.2 Å². The highest BCUT2D eigenvalue weighted by Gasteiger charge is 2.50. The van der Waals surface area contributed by atoms with E-state index in [9.17, 15) is 18.7 Å². The van der Waals surface area contributed by atoms with Crippen LogP contribution in [0.15, 0.2) is 4.52 Å². The van der Waals surface area contributed by atoms with Gasteiger partial charge in [0, 0.05) is 49.2 Å². The lowest BCUT2D eigenvalue weighted by atomic mass is 9.62. The molecule has 34 heavy (non-hydrogen) atoms. The molecule has 9 heteroatoms. The van der Waals surface area contributed by atoms with Gasteiger partial charge in [-0.3, -0.25) is 4.79 Å². The van der Waals surface area contributed by atoms with Crippen molar-refractivity contribution in [2.45, 2.75) is 107 Å². The van der Waals surface area contributed by atoms with Gasteiger partial charge in [0.25, 0.3) is 0 Å². The zero-order valence-corrected chi connectivity index (χ0v) is 20.4. The number of piperidine rings is 2. The quantitative estimate of drug-likeness (QED) is 0.682. The summed E-state index contributed by atoms with van der Waals surface area (Å²) in [6, 6.07) is -0.325. The molecular weight excluding hydrogens is 442 g/mol. The Morgan fingerprint density at radius 3 is 2.38 bits per heavy atom. The number of halogens is 2. The number of nitrogens with zero attached hydrogens (tertiary/aromatic N) is 3. The summed E-state index contributed by atoms with van der Waals surface area (Å²) in [6.07, 6.45) is 5.25. The van der Waals surface area contributed by atoms with Crippen LogP contribution in [-0.4, -0.2) is 63.8 Å². The molecule has 2 saturated heterocycles. The van der Waals surface area contributed by atoms with E-state index in [-0.39, 0.29) is 47.5 Å². The lowest BCUT2D eigenvalue weighted by molar-refractivity contribution is -0.141. The Morgan fingerprint density at radius 1 is 1.15 bits per heavy atom. The summed E-state index contributed by atoms with van der Waals surface area (Å²) >= 11 is 0. The van der Waals surface area contributed by atoms with E-state index in [1.807, 2.05) is 4.90 Å². The first-order valence-corrected chi connectivity index (χ1v) is 13.1. The smallest absolute Gasteiger partial charge is 0.248 e. The molecule has 1 aromatic heterocycles. The minimum Gasteiger partial charge on any atom is -0.392 e. The fourth-order valence-electron chi connectivity index (χ4n) is 6.63. The fourth-order valence-corrected chi connectivity index (χ4v) is 6.63. The first kappa shape index (κ1) is 24.1. The third kappa shape index (κ3) is 4.16. The zero-order chi connectivity index (χ0) is 24.1. The number of hydrogen-bond acceptors (Lipinski definition) is 6. The number of amides is 1. The molecule has 3 heterocycles. The molecule has 0 aromatic carbocycles. The van der Waals surface area contributed by atoms with E-state index in [1.165, 1.54) is 0 Å². The molecule has 4 fully saturated rings. The standard InChI is InChI=1S/C25H38F2N4O3/c1-16(2)24(22-29-20(34-30-22)17-4-8-25(26,27)9-5-17)10-12-31(13-11-24)21(33)18-14-19(32)23(15-28-18)6-3-7-23/h16-19,28,32H,3-15H2,1-2H3/t18-,19+/m0/s1. The summed E-state index contributed by atoms with van der Waals surface area (Å²) in [5, 5.41) is 18.4. The molecule has 2 aliphatic heterocycles. The van der Waals surface area contributed by atoms with E-state index in [0.29, 0.717) is 50.6 Å². The highest BCUT2D eigenvalue weighted by atomic mass is 19.3. The number of aromatic nitrogens is 2. The van der Waals surface area contributed by atoms with Gasteiger partial charge in [-0.1, -0.05) is 25.4 Å². The molecule has 2 saturated carbocycles. The highest BCUT2D eigenvalue weighted by Crippen LogP contribution is 2.47. The lowest BCUT2D eigenvalue weighted by Crippen LogP contribution is -2.62. The van der Waals surface area contributed by atoms with Gasteiger partial charge < -0.3 is 19.8 Å². The summed E-state index contributed by atoms with van der Waals surface area (Å²) in [5.41, 5.74) is -0.317. The molecule has 0 bridgehead atoms. The van der Waals surface area contributed by atoms with Crippen molar-refractivity contribution in [3.63, 3.8) is 0 Å². The van der Waals surface area contributed by atoms with Crippen molar-refractivity contribution in [3.05, 3.63) is 11.7 Å². The van der Waals surface area contributed by atoms with Gasteiger partial charge in [0.15, 0.2) is 5.82 Å². The Hall–Kier alpha value is -1.61. The maximum absolute atomic E-state index is 13.6. The number of aliphatic hydroxyl groups excluding tert-OH is 1. The van der Waals surface area contributed by atoms with Crippen LogP contribution in [0.5, 0.6) is 0 Å². The number of alkyl halides is 2. The van der Waals surface area contributed by atoms with Crippen molar-refractivity contribution >= 4 is 5.91 Å². The van der Waals surface area contributed by atoms with Crippen molar-refractivity contribution in [2.24, 2.45) is 11.3 Å². The minimum atomic E-state index is -2.58. The Morgan fingerprint density at radius 2 is 1.82 bits per heavy atom. The van der Waals surface area contributed by atoms with Crippen molar-refractivity contribution < 1.29 is 23.2 Å². The zero-order valence-electron chi connectivity index (χ0n) is 20.4. The third-order valence-corrected chi connectivity index (χ3v) is 9.54. The molecular formula is C25H38F2N4O3. The molecule has 1 aromatic rings. The second-order valence-corrected chi connectivity index (χ2v) is 11.6. The second-order valence-electron chi connectivity index (χ2n) is 11.6. The van der Waals surface area contributed by atoms with Gasteiger partial charge in [-0.25, -0.2) is 8.78 Å². The molecule has 2 atom stereocenters. The van der Waals surface area contributed by atoms with E-state index < -0.39 is 12.0 Å². The maximum Gasteiger partial charge on any atom is 0.248 e. The molecule has 1 amide bonds. The van der Waals surface area contributed by atoms with Gasteiger partial charge in [-0.15, -0.1) is 0 Å². The van der Waals surface area contributed by atoms with Gasteiger partial charge in [-0.2, -0.15) is 4.98 Å². The average Bonchev–Trinajstić information content (AvgIpc) is 3.28. The second kappa shape index (κ2) is 8.80. The molecule has 190 valence electrons. The van der Waals surface area contributed by atoms with Crippen LogP contribution in [0.25, 0.3) is 0 Å². The van der Waals surface area contributed by atoms with Crippen molar-refractivity contribution in [3.8, 4) is 0 Å². The first-order valence-electron chi connectivity index (χ1n) is 13.1. The molecule has 0 unspecified atom stereocenters. The Bertz CT molecular complexity index is 882. The van der Waals surface area contributed by atoms with Crippen LogP contribution in [0.3, 0.4) is 0 Å². The topological polar surface area (TPSA) is 91.5 Å². The number of carbonyl (C=O) groups is 1. The number of rotatable bonds is 4. The van der Waals surface area contributed by atoms with E-state index in [2.05, 4.69) is 24.3 Å². The number of likely N-dealkylation sites (tertiary alicyclic amines) is 1. The predicted octanol–water partition coefficient (Wildman–Crippen LogP) is 3.77. The van der Waals surface area contributed by atoms with Gasteiger partial charge in [0.05, 0.1) is 12.1 Å². The Balaban J connectivity index is 1.22. The molecule has 1 spiro atoms. The van der Waals surface area contributed by atoms with Crippen molar-refractivity contribution in [1.82, 2.24) is 20.4 Å². The van der Waals surface area contributed by atoms with Crippen LogP contribution < -0.4 is 5.32 Å². The van der Waals surface area contributed by atoms with Gasteiger partial charge in [0.2, 0.25) is 17.7 Å². The number of carbonyl (C=O) groups excluding carboxylic acids is 1. The first-order chi connectivity index (χ1) is 16.1. The summed E-state index contributed by atoms with van der Waals surface area (Å²) in [5.74, 6) is -1.23. The predicted molar refractivity (Wildman–Crippen MR) is 121 cm³/mol. The third-order valence-electron chi connectivity index (χ3n) is 9.54. The van der Waals surface area contributed by atoms with E-state index >= 15 is 0 Å². The Labute approximate surface area is 200 Å². The summed E-state index contributed by atoms with van der Waals surface area (Å²) < 4.78 is 32.7. The van der Waals surface area contributed by atoms with Crippen LogP contribution in [0.4, 0.5) is 8.78 Å². The minimum absolute atomic E-state index is 0.0178. The Kier molecular flexibility index (Phi) is 6.24. The van der Waals surface area contributed by atoms with Crippen LogP contribution in [0, 0.1) is 11.3 Å². The molecule has 0 radical (unpaired) electrons. The number of hydrogen-bond donors (Lipinski definition) is 2. The molecule has 2 N–H and O–H groups in total. The molecule has 7 nitrogen and oxygen atoms in total. The molecule has 5 rings (SSSR count). The highest BCUT2D eigenvalue weighted by molar-refractivity contribution is 5.82. The van der Waals surface area contributed by atoms with Crippen molar-refractivity contribution in [2.75, 3.05) is 19.6 Å². The van der Waals surface area contributed by atoms with Crippen LogP contribution in [0.2, 0.25) is 0 Å². The maximum atomic E-state index is 13.6. The van der Waals surface area contributed by atoms with E-state index in [4.69, 9.17) is 9.51 Å².